The van der Waals surface area contributed by atoms with Gasteiger partial charge in [-0.3, -0.25) is 0 Å². The van der Waals surface area contributed by atoms with Crippen molar-refractivity contribution in [1.82, 2.24) is 4.31 Å². The molecule has 2 fully saturated rings. The molecule has 2 aliphatic rings. The zero-order valence-electron chi connectivity index (χ0n) is 16.1. The molecule has 1 saturated heterocycles. The molecule has 1 aliphatic carbocycles. The quantitative estimate of drug-likeness (QED) is 0.683. The van der Waals surface area contributed by atoms with E-state index in [4.69, 9.17) is 0 Å². The Hall–Kier alpha value is -0.920. The molecule has 0 N–H and O–H groups in total. The summed E-state index contributed by atoms with van der Waals surface area (Å²) in [7, 11) is -6.82. The second-order valence-electron chi connectivity index (χ2n) is 7.93. The van der Waals surface area contributed by atoms with Gasteiger partial charge in [-0.15, -0.1) is 0 Å². The lowest BCUT2D eigenvalue weighted by molar-refractivity contribution is 0.335. The first-order valence-electron chi connectivity index (χ1n) is 10.2. The van der Waals surface area contributed by atoms with Gasteiger partial charge in [0.2, 0.25) is 10.0 Å². The Morgan fingerprint density at radius 2 is 1.70 bits per heavy atom. The van der Waals surface area contributed by atoms with Gasteiger partial charge in [-0.05, 0) is 49.3 Å². The smallest absolute Gasteiger partial charge is 0.229 e. The molecule has 1 aromatic carbocycles. The minimum Gasteiger partial charge on any atom is -0.229 e. The van der Waals surface area contributed by atoms with Gasteiger partial charge >= 0.3 is 0 Å². The van der Waals surface area contributed by atoms with Crippen LogP contribution in [0.4, 0.5) is 0 Å². The third-order valence-corrected chi connectivity index (χ3v) is 9.63. The van der Waals surface area contributed by atoms with Crippen molar-refractivity contribution in [3.05, 3.63) is 29.8 Å². The zero-order valence-corrected chi connectivity index (χ0v) is 17.8. The first-order chi connectivity index (χ1) is 12.8. The van der Waals surface area contributed by atoms with Crippen molar-refractivity contribution in [2.75, 3.05) is 18.1 Å². The maximum absolute atomic E-state index is 13.3. The van der Waals surface area contributed by atoms with E-state index in [-0.39, 0.29) is 16.4 Å². The van der Waals surface area contributed by atoms with E-state index in [0.717, 1.165) is 12.8 Å². The highest BCUT2D eigenvalue weighted by molar-refractivity contribution is 7.92. The minimum atomic E-state index is -3.69. The van der Waals surface area contributed by atoms with E-state index in [2.05, 4.69) is 0 Å². The minimum absolute atomic E-state index is 0.0594. The van der Waals surface area contributed by atoms with E-state index in [1.165, 1.54) is 42.0 Å². The highest BCUT2D eigenvalue weighted by Crippen LogP contribution is 2.33. The van der Waals surface area contributed by atoms with Gasteiger partial charge in [-0.1, -0.05) is 44.7 Å². The molecular formula is C20H31NO4S2. The first kappa shape index (κ1) is 20.8. The van der Waals surface area contributed by atoms with Crippen LogP contribution in [0.1, 0.15) is 69.8 Å². The third-order valence-electron chi connectivity index (χ3n) is 5.91. The average molecular weight is 414 g/mol. The monoisotopic (exact) mass is 413 g/mol. The molecule has 0 radical (unpaired) electrons. The van der Waals surface area contributed by atoms with Gasteiger partial charge < -0.3 is 0 Å². The van der Waals surface area contributed by atoms with Crippen LogP contribution in [0.15, 0.2) is 29.2 Å². The third kappa shape index (κ3) is 4.93. The summed E-state index contributed by atoms with van der Waals surface area (Å²) in [6, 6.07) is 6.88. The summed E-state index contributed by atoms with van der Waals surface area (Å²) in [5, 5.41) is 0. The maximum Gasteiger partial charge on any atom is 0.243 e. The van der Waals surface area contributed by atoms with E-state index in [1.807, 2.05) is 19.1 Å². The van der Waals surface area contributed by atoms with E-state index in [1.54, 1.807) is 12.1 Å². The number of sulfone groups is 1. The van der Waals surface area contributed by atoms with Gasteiger partial charge in [0, 0.05) is 12.6 Å². The fourth-order valence-electron chi connectivity index (χ4n) is 4.30. The SMILES string of the molecule is CCCCN([C@@H]1CCS(=O)(=O)C1)S(=O)(=O)c1ccc(C2CCCCC2)cc1. The van der Waals surface area contributed by atoms with Crippen molar-refractivity contribution in [2.24, 2.45) is 0 Å². The standard InChI is InChI=1S/C20H31NO4S2/c1-2-3-14-21(19-13-15-26(22,23)16-19)27(24,25)20-11-9-18(10-12-20)17-7-5-4-6-8-17/h9-12,17,19H,2-8,13-16H2,1H3/t19-/m1/s1. The van der Waals surface area contributed by atoms with Crippen LogP contribution in [0.3, 0.4) is 0 Å². The predicted octanol–water partition coefficient (Wildman–Crippen LogP) is 3.71. The topological polar surface area (TPSA) is 71.5 Å². The van der Waals surface area contributed by atoms with Gasteiger partial charge in [-0.2, -0.15) is 4.31 Å². The fraction of sp³-hybridized carbons (Fsp3) is 0.700. The Balaban J connectivity index is 1.82. The molecule has 0 spiro atoms. The van der Waals surface area contributed by atoms with Crippen molar-refractivity contribution >= 4 is 19.9 Å². The van der Waals surface area contributed by atoms with Crippen molar-refractivity contribution in [3.8, 4) is 0 Å². The lowest BCUT2D eigenvalue weighted by Gasteiger charge is -2.28. The lowest BCUT2D eigenvalue weighted by atomic mass is 9.84. The molecule has 1 aromatic rings. The Kier molecular flexibility index (Phi) is 6.64. The van der Waals surface area contributed by atoms with E-state index < -0.39 is 25.9 Å². The van der Waals surface area contributed by atoms with Crippen LogP contribution < -0.4 is 0 Å². The van der Waals surface area contributed by atoms with Crippen molar-refractivity contribution < 1.29 is 16.8 Å². The summed E-state index contributed by atoms with van der Waals surface area (Å²) in [4.78, 5) is 0.280. The lowest BCUT2D eigenvalue weighted by Crippen LogP contribution is -2.41. The number of rotatable bonds is 7. The van der Waals surface area contributed by atoms with Crippen molar-refractivity contribution in [1.29, 1.82) is 0 Å². The highest BCUT2D eigenvalue weighted by atomic mass is 32.2. The molecule has 7 heteroatoms. The molecule has 0 aromatic heterocycles. The molecule has 1 saturated carbocycles. The Bertz CT molecular complexity index is 825. The molecule has 152 valence electrons. The molecule has 0 unspecified atom stereocenters. The van der Waals surface area contributed by atoms with Gasteiger partial charge in [-0.25, -0.2) is 16.8 Å². The summed E-state index contributed by atoms with van der Waals surface area (Å²) in [5.41, 5.74) is 1.22. The summed E-state index contributed by atoms with van der Waals surface area (Å²) in [6.07, 6.45) is 8.12. The zero-order chi connectivity index (χ0) is 19.5. The molecule has 0 bridgehead atoms. The molecule has 3 rings (SSSR count). The maximum atomic E-state index is 13.3. The van der Waals surface area contributed by atoms with Crippen molar-refractivity contribution in [3.63, 3.8) is 0 Å². The summed E-state index contributed by atoms with van der Waals surface area (Å²) >= 11 is 0. The average Bonchev–Trinajstić information content (AvgIpc) is 3.02. The van der Waals surface area contributed by atoms with Crippen LogP contribution in [-0.4, -0.2) is 45.2 Å². The number of benzene rings is 1. The van der Waals surface area contributed by atoms with Gasteiger partial charge in [0.25, 0.3) is 0 Å². The molecule has 27 heavy (non-hydrogen) atoms. The van der Waals surface area contributed by atoms with Gasteiger partial charge in [0.15, 0.2) is 9.84 Å². The number of unbranched alkanes of at least 4 members (excludes halogenated alkanes) is 1. The number of hydrogen-bond donors (Lipinski definition) is 0. The van der Waals surface area contributed by atoms with E-state index in [0.29, 0.717) is 18.9 Å². The Morgan fingerprint density at radius 3 is 2.26 bits per heavy atom. The summed E-state index contributed by atoms with van der Waals surface area (Å²) in [5.74, 6) is 0.554. The van der Waals surface area contributed by atoms with Crippen LogP contribution in [-0.2, 0) is 19.9 Å². The van der Waals surface area contributed by atoms with Crippen LogP contribution >= 0.6 is 0 Å². The van der Waals surface area contributed by atoms with Gasteiger partial charge in [0.1, 0.15) is 0 Å². The molecular weight excluding hydrogens is 382 g/mol. The molecule has 1 atom stereocenters. The Labute approximate surface area is 164 Å². The van der Waals surface area contributed by atoms with Crippen LogP contribution in [0.2, 0.25) is 0 Å². The number of hydrogen-bond acceptors (Lipinski definition) is 4. The van der Waals surface area contributed by atoms with E-state index >= 15 is 0 Å². The second kappa shape index (κ2) is 8.62. The normalized spacial score (nSPS) is 23.7. The van der Waals surface area contributed by atoms with Crippen LogP contribution in [0, 0.1) is 0 Å². The van der Waals surface area contributed by atoms with Crippen LogP contribution in [0.5, 0.6) is 0 Å². The van der Waals surface area contributed by atoms with E-state index in [9.17, 15) is 16.8 Å². The first-order valence-corrected chi connectivity index (χ1v) is 13.4. The highest BCUT2D eigenvalue weighted by Gasteiger charge is 2.38. The predicted molar refractivity (Wildman–Crippen MR) is 108 cm³/mol. The molecule has 0 amide bonds. The van der Waals surface area contributed by atoms with Gasteiger partial charge in [0.05, 0.1) is 16.4 Å². The molecule has 1 heterocycles. The number of sulfonamides is 1. The Morgan fingerprint density at radius 1 is 1.04 bits per heavy atom. The summed E-state index contributed by atoms with van der Waals surface area (Å²) in [6.45, 7) is 2.39. The largest absolute Gasteiger partial charge is 0.243 e. The number of nitrogens with zero attached hydrogens (tertiary/aromatic N) is 1. The van der Waals surface area contributed by atoms with Crippen molar-refractivity contribution in [2.45, 2.75) is 75.1 Å². The fourth-order valence-corrected chi connectivity index (χ4v) is 7.82. The molecule has 5 nitrogen and oxygen atoms in total. The second-order valence-corrected chi connectivity index (χ2v) is 12.0. The molecule has 1 aliphatic heterocycles. The summed E-state index contributed by atoms with van der Waals surface area (Å²) < 4.78 is 51.7. The van der Waals surface area contributed by atoms with Crippen LogP contribution in [0.25, 0.3) is 0 Å².